The summed E-state index contributed by atoms with van der Waals surface area (Å²) in [5.41, 5.74) is -0.270. The Balaban J connectivity index is 2.52. The van der Waals surface area contributed by atoms with Crippen molar-refractivity contribution in [1.82, 2.24) is 0 Å². The molecule has 6 heteroatoms. The van der Waals surface area contributed by atoms with Gasteiger partial charge in [0.05, 0.1) is 14.9 Å². The lowest BCUT2D eigenvalue weighted by molar-refractivity contribution is 0.103. The second-order valence-electron chi connectivity index (χ2n) is 3.17. The molecule has 0 radical (unpaired) electrons. The van der Waals surface area contributed by atoms with E-state index in [4.69, 9.17) is 0 Å². The van der Waals surface area contributed by atoms with Gasteiger partial charge in [-0.2, -0.15) is 0 Å². The molecule has 0 atom stereocenters. The van der Waals surface area contributed by atoms with Crippen LogP contribution in [0.3, 0.4) is 0 Å². The maximum atomic E-state index is 13.6. The molecular formula is C11H4Br2F2OS. The number of thiophene rings is 1. The zero-order valence-electron chi connectivity index (χ0n) is 8.14. The highest BCUT2D eigenvalue weighted by molar-refractivity contribution is 9.10. The molecule has 0 unspecified atom stereocenters. The molecule has 88 valence electrons. The van der Waals surface area contributed by atoms with Gasteiger partial charge >= 0.3 is 0 Å². The molecule has 0 N–H and O–H groups in total. The number of carbonyl (C=O) groups is 1. The molecule has 1 aromatic heterocycles. The fourth-order valence-electron chi connectivity index (χ4n) is 1.27. The van der Waals surface area contributed by atoms with Crippen LogP contribution in [-0.2, 0) is 0 Å². The topological polar surface area (TPSA) is 17.1 Å². The van der Waals surface area contributed by atoms with Crippen LogP contribution in [0.25, 0.3) is 0 Å². The van der Waals surface area contributed by atoms with E-state index in [1.54, 1.807) is 11.4 Å². The number of carbonyl (C=O) groups excluding carboxylic acids is 1. The Labute approximate surface area is 117 Å². The van der Waals surface area contributed by atoms with Crippen molar-refractivity contribution < 1.29 is 13.6 Å². The Hall–Kier alpha value is -0.590. The van der Waals surface area contributed by atoms with Gasteiger partial charge in [-0.3, -0.25) is 4.79 Å². The summed E-state index contributed by atoms with van der Waals surface area (Å²) in [6.07, 6.45) is 0. The average Bonchev–Trinajstić information content (AvgIpc) is 2.69. The van der Waals surface area contributed by atoms with Crippen LogP contribution in [0.5, 0.6) is 0 Å². The molecule has 17 heavy (non-hydrogen) atoms. The van der Waals surface area contributed by atoms with Crippen molar-refractivity contribution in [3.8, 4) is 0 Å². The van der Waals surface area contributed by atoms with Gasteiger partial charge in [0.15, 0.2) is 0 Å². The summed E-state index contributed by atoms with van der Waals surface area (Å²) in [6, 6.07) is 3.53. The van der Waals surface area contributed by atoms with Gasteiger partial charge in [0, 0.05) is 4.47 Å². The minimum absolute atomic E-state index is 0.00297. The largest absolute Gasteiger partial charge is 0.288 e. The molecule has 0 aliphatic carbocycles. The monoisotopic (exact) mass is 380 g/mol. The van der Waals surface area contributed by atoms with Crippen molar-refractivity contribution in [3.05, 3.63) is 54.6 Å². The molecule has 0 bridgehead atoms. The van der Waals surface area contributed by atoms with E-state index in [-0.39, 0.29) is 10.0 Å². The standard InChI is InChI=1S/C11H4Br2F2OS/c12-6-1-2-17-11(6)10(16)5-3-9(15)7(13)4-8(5)14/h1-4H. The normalized spacial score (nSPS) is 10.6. The van der Waals surface area contributed by atoms with Gasteiger partial charge in [-0.1, -0.05) is 0 Å². The minimum atomic E-state index is -0.747. The Morgan fingerprint density at radius 2 is 1.82 bits per heavy atom. The van der Waals surface area contributed by atoms with E-state index in [1.807, 2.05) is 0 Å². The fraction of sp³-hybridized carbons (Fsp3) is 0. The van der Waals surface area contributed by atoms with E-state index in [9.17, 15) is 13.6 Å². The van der Waals surface area contributed by atoms with E-state index in [0.29, 0.717) is 9.35 Å². The molecule has 0 aliphatic rings. The van der Waals surface area contributed by atoms with Gasteiger partial charge in [0.2, 0.25) is 5.78 Å². The van der Waals surface area contributed by atoms with Crippen LogP contribution < -0.4 is 0 Å². The minimum Gasteiger partial charge on any atom is -0.288 e. The lowest BCUT2D eigenvalue weighted by Gasteiger charge is -2.03. The maximum Gasteiger partial charge on any atom is 0.207 e. The second kappa shape index (κ2) is 4.96. The maximum absolute atomic E-state index is 13.6. The summed E-state index contributed by atoms with van der Waals surface area (Å²) in [6.45, 7) is 0. The van der Waals surface area contributed by atoms with Gasteiger partial charge in [0.1, 0.15) is 11.6 Å². The van der Waals surface area contributed by atoms with Crippen molar-refractivity contribution in [2.75, 3.05) is 0 Å². The van der Waals surface area contributed by atoms with Crippen LogP contribution in [0.1, 0.15) is 15.2 Å². The highest BCUT2D eigenvalue weighted by Crippen LogP contribution is 2.28. The van der Waals surface area contributed by atoms with Crippen LogP contribution in [0.4, 0.5) is 8.78 Å². The summed E-state index contributed by atoms with van der Waals surface area (Å²) in [5.74, 6) is -1.94. The number of ketones is 1. The fourth-order valence-corrected chi connectivity index (χ4v) is 3.10. The molecule has 0 saturated heterocycles. The molecule has 2 aromatic rings. The van der Waals surface area contributed by atoms with Crippen LogP contribution in [0.2, 0.25) is 0 Å². The summed E-state index contributed by atoms with van der Waals surface area (Å²) >= 11 is 7.22. The van der Waals surface area contributed by atoms with Crippen LogP contribution >= 0.6 is 43.2 Å². The smallest absolute Gasteiger partial charge is 0.207 e. The van der Waals surface area contributed by atoms with Crippen LogP contribution in [0, 0.1) is 11.6 Å². The predicted molar refractivity (Wildman–Crippen MR) is 69.5 cm³/mol. The Morgan fingerprint density at radius 1 is 1.12 bits per heavy atom. The van der Waals surface area contributed by atoms with E-state index < -0.39 is 17.4 Å². The third-order valence-electron chi connectivity index (χ3n) is 2.08. The number of benzene rings is 1. The lowest BCUT2D eigenvalue weighted by atomic mass is 10.1. The highest BCUT2D eigenvalue weighted by atomic mass is 79.9. The average molecular weight is 382 g/mol. The van der Waals surface area contributed by atoms with Gasteiger partial charge < -0.3 is 0 Å². The Kier molecular flexibility index (Phi) is 3.75. The predicted octanol–water partition coefficient (Wildman–Crippen LogP) is 4.78. The third-order valence-corrected chi connectivity index (χ3v) is 4.52. The van der Waals surface area contributed by atoms with Crippen molar-refractivity contribution >= 4 is 49.0 Å². The number of hydrogen-bond acceptors (Lipinski definition) is 2. The first kappa shape index (κ1) is 12.9. The summed E-state index contributed by atoms with van der Waals surface area (Å²) in [4.78, 5) is 12.3. The molecule has 0 saturated carbocycles. The molecule has 1 nitrogen and oxygen atoms in total. The molecule has 1 heterocycles. The van der Waals surface area contributed by atoms with Gasteiger partial charge in [-0.15, -0.1) is 11.3 Å². The van der Waals surface area contributed by atoms with Crippen molar-refractivity contribution in [2.45, 2.75) is 0 Å². The summed E-state index contributed by atoms with van der Waals surface area (Å²) in [7, 11) is 0. The molecule has 1 aromatic carbocycles. The van der Waals surface area contributed by atoms with Crippen molar-refractivity contribution in [2.24, 2.45) is 0 Å². The lowest BCUT2D eigenvalue weighted by Crippen LogP contribution is -2.04. The first-order valence-electron chi connectivity index (χ1n) is 4.43. The van der Waals surface area contributed by atoms with Crippen molar-refractivity contribution in [1.29, 1.82) is 0 Å². The Morgan fingerprint density at radius 3 is 2.41 bits per heavy atom. The van der Waals surface area contributed by atoms with Gasteiger partial charge in [-0.25, -0.2) is 8.78 Å². The molecule has 0 fully saturated rings. The highest BCUT2D eigenvalue weighted by Gasteiger charge is 2.19. The molecule has 2 rings (SSSR count). The second-order valence-corrected chi connectivity index (χ2v) is 5.80. The van der Waals surface area contributed by atoms with E-state index >= 15 is 0 Å². The van der Waals surface area contributed by atoms with Crippen LogP contribution in [0.15, 0.2) is 32.5 Å². The number of rotatable bonds is 2. The molecule has 0 amide bonds. The first-order chi connectivity index (χ1) is 8.00. The zero-order chi connectivity index (χ0) is 12.6. The van der Waals surface area contributed by atoms with Gasteiger partial charge in [0.25, 0.3) is 0 Å². The van der Waals surface area contributed by atoms with E-state index in [2.05, 4.69) is 31.9 Å². The first-order valence-corrected chi connectivity index (χ1v) is 6.89. The number of halogens is 4. The summed E-state index contributed by atoms with van der Waals surface area (Å²) < 4.78 is 27.4. The zero-order valence-corrected chi connectivity index (χ0v) is 12.1. The van der Waals surface area contributed by atoms with Crippen molar-refractivity contribution in [3.63, 3.8) is 0 Å². The SMILES string of the molecule is O=C(c1cc(F)c(Br)cc1F)c1sccc1Br. The quantitative estimate of drug-likeness (QED) is 0.540. The third kappa shape index (κ3) is 2.48. The molecule has 0 spiro atoms. The van der Waals surface area contributed by atoms with E-state index in [1.165, 1.54) is 11.3 Å². The van der Waals surface area contributed by atoms with E-state index in [0.717, 1.165) is 12.1 Å². The molecular weight excluding hydrogens is 378 g/mol. The van der Waals surface area contributed by atoms with Crippen LogP contribution in [-0.4, -0.2) is 5.78 Å². The number of hydrogen-bond donors (Lipinski definition) is 0. The molecule has 0 aliphatic heterocycles. The summed E-state index contributed by atoms with van der Waals surface area (Å²) in [5, 5.41) is 1.70. The Bertz CT molecular complexity index is 595. The van der Waals surface area contributed by atoms with Gasteiger partial charge in [-0.05, 0) is 55.4 Å².